The molecule has 9 heteroatoms. The second-order valence-corrected chi connectivity index (χ2v) is 9.44. The molecule has 0 radical (unpaired) electrons. The quantitative estimate of drug-likeness (QED) is 0.503. The van der Waals surface area contributed by atoms with Gasteiger partial charge in [-0.25, -0.2) is 0 Å². The van der Waals surface area contributed by atoms with Gasteiger partial charge >= 0.3 is 0 Å². The summed E-state index contributed by atoms with van der Waals surface area (Å²) < 4.78 is 5.45. The fraction of sp³-hybridized carbons (Fsp3) is 0.250. The molecule has 4 rings (SSSR count). The number of nitrogens with zero attached hydrogens (tertiary/aromatic N) is 2. The van der Waals surface area contributed by atoms with Crippen molar-refractivity contribution in [3.8, 4) is 0 Å². The number of amides is 3. The summed E-state index contributed by atoms with van der Waals surface area (Å²) >= 11 is 6.47. The maximum absolute atomic E-state index is 13.5. The third kappa shape index (κ3) is 4.44. The Bertz CT molecular complexity index is 1210. The zero-order chi connectivity index (χ0) is 23.7. The Balaban J connectivity index is 1.63. The van der Waals surface area contributed by atoms with E-state index in [0.29, 0.717) is 34.4 Å². The van der Waals surface area contributed by atoms with Gasteiger partial charge in [0.2, 0.25) is 5.91 Å². The maximum atomic E-state index is 13.5. The molecule has 0 aromatic heterocycles. The van der Waals surface area contributed by atoms with Crippen LogP contribution >= 0.6 is 24.0 Å². The van der Waals surface area contributed by atoms with Gasteiger partial charge in [0.25, 0.3) is 11.8 Å². The molecule has 0 aliphatic carbocycles. The summed E-state index contributed by atoms with van der Waals surface area (Å²) in [5, 5.41) is 2.90. The van der Waals surface area contributed by atoms with Gasteiger partial charge in [0.05, 0.1) is 29.3 Å². The Morgan fingerprint density at radius 1 is 1.09 bits per heavy atom. The third-order valence-corrected chi connectivity index (χ3v) is 6.94. The molecule has 0 unspecified atom stereocenters. The highest BCUT2D eigenvalue weighted by Crippen LogP contribution is 2.44. The first kappa shape index (κ1) is 23.2. The molecule has 0 bridgehead atoms. The van der Waals surface area contributed by atoms with Gasteiger partial charge in [0.15, 0.2) is 0 Å². The average molecular weight is 482 g/mol. The Hall–Kier alpha value is -3.01. The highest BCUT2D eigenvalue weighted by atomic mass is 32.2. The summed E-state index contributed by atoms with van der Waals surface area (Å²) in [6.07, 6.45) is 0. The number of para-hydroxylation sites is 1. The van der Waals surface area contributed by atoms with E-state index in [1.54, 1.807) is 31.4 Å². The number of hydrogen-bond donors (Lipinski definition) is 1. The third-order valence-electron chi connectivity index (χ3n) is 5.49. The van der Waals surface area contributed by atoms with Crippen molar-refractivity contribution >= 4 is 63.0 Å². The van der Waals surface area contributed by atoms with E-state index in [1.165, 1.54) is 9.80 Å². The van der Waals surface area contributed by atoms with Crippen LogP contribution in [0.1, 0.15) is 16.7 Å². The van der Waals surface area contributed by atoms with Crippen LogP contribution in [-0.4, -0.2) is 53.7 Å². The van der Waals surface area contributed by atoms with Crippen molar-refractivity contribution in [1.82, 2.24) is 4.90 Å². The van der Waals surface area contributed by atoms with E-state index in [-0.39, 0.29) is 34.7 Å². The Morgan fingerprint density at radius 3 is 2.61 bits per heavy atom. The molecule has 1 saturated heterocycles. The molecule has 0 spiro atoms. The van der Waals surface area contributed by atoms with Crippen LogP contribution < -0.4 is 10.2 Å². The first-order valence-corrected chi connectivity index (χ1v) is 11.6. The zero-order valence-corrected chi connectivity index (χ0v) is 20.1. The lowest BCUT2D eigenvalue weighted by molar-refractivity contribution is -0.122. The van der Waals surface area contributed by atoms with Crippen LogP contribution in [0.3, 0.4) is 0 Å². The van der Waals surface area contributed by atoms with Gasteiger partial charge in [-0.05, 0) is 37.1 Å². The van der Waals surface area contributed by atoms with E-state index in [4.69, 9.17) is 17.0 Å². The number of thiocarbonyl (C=S) groups is 1. The standard InChI is InChI=1S/C24H23N3O4S2/c1-14-8-9-15(2)17(12-14)25-19(28)13-27-18-7-5-4-6-16(18)20(22(27)29)21-23(30)26(10-11-31-3)24(32)33-21/h4-9,12H,10-11,13H2,1-3H3,(H,25,28). The van der Waals surface area contributed by atoms with Crippen molar-refractivity contribution in [2.75, 3.05) is 37.0 Å². The summed E-state index contributed by atoms with van der Waals surface area (Å²) in [5.74, 6) is -1.03. The van der Waals surface area contributed by atoms with E-state index < -0.39 is 0 Å². The number of fused-ring (bicyclic) bond motifs is 1. The van der Waals surface area contributed by atoms with Crippen molar-refractivity contribution in [3.05, 3.63) is 64.1 Å². The van der Waals surface area contributed by atoms with Crippen LogP contribution in [0.25, 0.3) is 5.57 Å². The number of aryl methyl sites for hydroxylation is 2. The highest BCUT2D eigenvalue weighted by Gasteiger charge is 2.42. The van der Waals surface area contributed by atoms with Crippen LogP contribution in [-0.2, 0) is 19.1 Å². The normalized spacial score (nSPS) is 17.7. The van der Waals surface area contributed by atoms with Gasteiger partial charge < -0.3 is 10.1 Å². The Morgan fingerprint density at radius 2 is 1.85 bits per heavy atom. The topological polar surface area (TPSA) is 79.0 Å². The minimum Gasteiger partial charge on any atom is -0.383 e. The number of hydrogen-bond acceptors (Lipinski definition) is 6. The molecular weight excluding hydrogens is 458 g/mol. The van der Waals surface area contributed by atoms with Gasteiger partial charge in [-0.2, -0.15) is 0 Å². The van der Waals surface area contributed by atoms with Gasteiger partial charge in [-0.1, -0.05) is 54.3 Å². The molecule has 2 aliphatic heterocycles. The number of anilines is 2. The first-order valence-electron chi connectivity index (χ1n) is 10.4. The zero-order valence-electron chi connectivity index (χ0n) is 18.5. The Labute approximate surface area is 201 Å². The van der Waals surface area contributed by atoms with Crippen molar-refractivity contribution in [2.24, 2.45) is 0 Å². The van der Waals surface area contributed by atoms with E-state index in [1.807, 2.05) is 32.0 Å². The number of rotatable bonds is 6. The number of nitrogens with one attached hydrogen (secondary N) is 1. The maximum Gasteiger partial charge on any atom is 0.267 e. The lowest BCUT2D eigenvalue weighted by atomic mass is 10.1. The number of ether oxygens (including phenoxy) is 1. The first-order chi connectivity index (χ1) is 15.8. The fourth-order valence-electron chi connectivity index (χ4n) is 3.79. The number of benzene rings is 2. The molecule has 1 fully saturated rings. The molecule has 1 N–H and O–H groups in total. The molecule has 2 heterocycles. The van der Waals surface area contributed by atoms with Gasteiger partial charge in [0, 0.05) is 18.4 Å². The van der Waals surface area contributed by atoms with Crippen LogP contribution in [0.15, 0.2) is 47.4 Å². The minimum atomic E-state index is -0.389. The molecule has 2 aromatic carbocycles. The van der Waals surface area contributed by atoms with E-state index in [0.717, 1.165) is 22.9 Å². The minimum absolute atomic E-state index is 0.170. The molecule has 3 amide bonds. The van der Waals surface area contributed by atoms with Crippen LogP contribution in [0, 0.1) is 13.8 Å². The predicted molar refractivity (Wildman–Crippen MR) is 134 cm³/mol. The van der Waals surface area contributed by atoms with Crippen LogP contribution in [0.5, 0.6) is 0 Å². The summed E-state index contributed by atoms with van der Waals surface area (Å²) in [5.41, 5.74) is 4.16. The SMILES string of the molecule is COCCN1C(=O)C(=C2C(=O)N(CC(=O)Nc3cc(C)ccc3C)c3ccccc32)SC1=S. The summed E-state index contributed by atoms with van der Waals surface area (Å²) in [6, 6.07) is 13.0. The lowest BCUT2D eigenvalue weighted by Crippen LogP contribution is -2.36. The van der Waals surface area contributed by atoms with Crippen molar-refractivity contribution in [3.63, 3.8) is 0 Å². The van der Waals surface area contributed by atoms with Gasteiger partial charge in [-0.3, -0.25) is 24.2 Å². The van der Waals surface area contributed by atoms with Crippen LogP contribution in [0.2, 0.25) is 0 Å². The van der Waals surface area contributed by atoms with Gasteiger partial charge in [0.1, 0.15) is 10.9 Å². The monoisotopic (exact) mass is 481 g/mol. The molecule has 33 heavy (non-hydrogen) atoms. The summed E-state index contributed by atoms with van der Waals surface area (Å²) in [6.45, 7) is 4.34. The summed E-state index contributed by atoms with van der Waals surface area (Å²) in [4.78, 5) is 42.5. The second-order valence-electron chi connectivity index (χ2n) is 7.80. The molecule has 0 saturated carbocycles. The molecule has 2 aromatic rings. The molecule has 170 valence electrons. The average Bonchev–Trinajstić information content (AvgIpc) is 3.21. The van der Waals surface area contributed by atoms with Gasteiger partial charge in [-0.15, -0.1) is 0 Å². The molecule has 2 aliphatic rings. The summed E-state index contributed by atoms with van der Waals surface area (Å²) in [7, 11) is 1.55. The van der Waals surface area contributed by atoms with E-state index >= 15 is 0 Å². The van der Waals surface area contributed by atoms with Crippen molar-refractivity contribution in [1.29, 1.82) is 0 Å². The largest absolute Gasteiger partial charge is 0.383 e. The molecule has 0 atom stereocenters. The van der Waals surface area contributed by atoms with E-state index in [2.05, 4.69) is 5.32 Å². The second kappa shape index (κ2) is 9.46. The number of methoxy groups -OCH3 is 1. The number of carbonyl (C=O) groups is 3. The van der Waals surface area contributed by atoms with Crippen LogP contribution in [0.4, 0.5) is 11.4 Å². The highest BCUT2D eigenvalue weighted by molar-refractivity contribution is 8.26. The number of thioether (sulfide) groups is 1. The van der Waals surface area contributed by atoms with Crippen molar-refractivity contribution < 1.29 is 19.1 Å². The Kier molecular flexibility index (Phi) is 6.64. The van der Waals surface area contributed by atoms with Crippen molar-refractivity contribution in [2.45, 2.75) is 13.8 Å². The smallest absolute Gasteiger partial charge is 0.267 e. The fourth-order valence-corrected chi connectivity index (χ4v) is 5.17. The molecule has 7 nitrogen and oxygen atoms in total. The molecular formula is C24H23N3O4S2. The number of carbonyl (C=O) groups excluding carboxylic acids is 3. The van der Waals surface area contributed by atoms with E-state index in [9.17, 15) is 14.4 Å². The lowest BCUT2D eigenvalue weighted by Gasteiger charge is -2.17. The predicted octanol–water partition coefficient (Wildman–Crippen LogP) is 3.51.